The van der Waals surface area contributed by atoms with Crippen molar-refractivity contribution in [2.24, 2.45) is 5.84 Å². The maximum absolute atomic E-state index is 5.64. The number of nitrogens with one attached hydrogen (secondary N) is 1. The summed E-state index contributed by atoms with van der Waals surface area (Å²) in [5.41, 5.74) is 3.99. The van der Waals surface area contributed by atoms with E-state index in [1.54, 1.807) is 13.3 Å². The van der Waals surface area contributed by atoms with Crippen molar-refractivity contribution in [1.82, 2.24) is 10.4 Å². The van der Waals surface area contributed by atoms with Gasteiger partial charge in [-0.25, -0.2) is 0 Å². The second-order valence-corrected chi connectivity index (χ2v) is 5.20. The van der Waals surface area contributed by atoms with Crippen molar-refractivity contribution in [3.05, 3.63) is 24.0 Å². The van der Waals surface area contributed by atoms with E-state index in [0.29, 0.717) is 5.25 Å². The highest BCUT2D eigenvalue weighted by Gasteiger charge is 2.26. The van der Waals surface area contributed by atoms with Crippen molar-refractivity contribution in [3.63, 3.8) is 0 Å². The van der Waals surface area contributed by atoms with Crippen molar-refractivity contribution >= 4 is 11.8 Å². The van der Waals surface area contributed by atoms with Crippen LogP contribution in [0, 0.1) is 0 Å². The Morgan fingerprint density at radius 1 is 1.62 bits per heavy atom. The van der Waals surface area contributed by atoms with Crippen LogP contribution < -0.4 is 16.0 Å². The third-order valence-electron chi connectivity index (χ3n) is 2.85. The second kappa shape index (κ2) is 5.52. The van der Waals surface area contributed by atoms with Gasteiger partial charge in [-0.2, -0.15) is 11.8 Å². The van der Waals surface area contributed by atoms with E-state index in [1.165, 1.54) is 18.6 Å². The molecule has 88 valence electrons. The molecular weight excluding hydrogens is 222 g/mol. The Bertz CT molecular complexity index is 342. The summed E-state index contributed by atoms with van der Waals surface area (Å²) in [6.45, 7) is 0. The van der Waals surface area contributed by atoms with Gasteiger partial charge in [-0.3, -0.25) is 16.3 Å². The van der Waals surface area contributed by atoms with Crippen LogP contribution in [-0.4, -0.2) is 23.1 Å². The monoisotopic (exact) mass is 239 g/mol. The summed E-state index contributed by atoms with van der Waals surface area (Å²) in [4.78, 5) is 4.17. The molecule has 1 aromatic heterocycles. The summed E-state index contributed by atoms with van der Waals surface area (Å²) in [5, 5.41) is 0.541. The van der Waals surface area contributed by atoms with E-state index in [2.05, 4.69) is 10.4 Å². The summed E-state index contributed by atoms with van der Waals surface area (Å²) in [6.07, 6.45) is 6.03. The molecule has 0 aliphatic carbocycles. The highest BCUT2D eigenvalue weighted by Crippen LogP contribution is 2.35. The molecule has 1 saturated heterocycles. The number of hydrazine groups is 1. The maximum atomic E-state index is 5.64. The molecule has 1 fully saturated rings. The fourth-order valence-corrected chi connectivity index (χ4v) is 3.40. The molecule has 0 saturated carbocycles. The number of ether oxygens (including phenoxy) is 1. The van der Waals surface area contributed by atoms with Crippen molar-refractivity contribution in [2.45, 2.75) is 24.1 Å². The van der Waals surface area contributed by atoms with Gasteiger partial charge < -0.3 is 4.74 Å². The Hall–Kier alpha value is -0.780. The van der Waals surface area contributed by atoms with Gasteiger partial charge in [0.25, 0.3) is 0 Å². The van der Waals surface area contributed by atoms with Crippen LogP contribution >= 0.6 is 11.8 Å². The van der Waals surface area contributed by atoms with E-state index in [-0.39, 0.29) is 6.04 Å². The first-order chi connectivity index (χ1) is 7.85. The summed E-state index contributed by atoms with van der Waals surface area (Å²) < 4.78 is 5.17. The van der Waals surface area contributed by atoms with Crippen LogP contribution in [0.15, 0.2) is 18.5 Å². The van der Waals surface area contributed by atoms with Gasteiger partial charge in [-0.05, 0) is 30.2 Å². The molecule has 16 heavy (non-hydrogen) atoms. The van der Waals surface area contributed by atoms with E-state index < -0.39 is 0 Å². The minimum absolute atomic E-state index is 0.162. The zero-order valence-corrected chi connectivity index (χ0v) is 10.2. The van der Waals surface area contributed by atoms with Crippen LogP contribution in [0.4, 0.5) is 0 Å². The van der Waals surface area contributed by atoms with E-state index in [0.717, 1.165) is 11.3 Å². The van der Waals surface area contributed by atoms with Crippen LogP contribution in [0.2, 0.25) is 0 Å². The third kappa shape index (κ3) is 2.48. The minimum atomic E-state index is 0.162. The van der Waals surface area contributed by atoms with E-state index in [1.807, 2.05) is 24.0 Å². The third-order valence-corrected chi connectivity index (χ3v) is 4.31. The van der Waals surface area contributed by atoms with Crippen molar-refractivity contribution in [3.8, 4) is 5.75 Å². The number of nitrogens with two attached hydrogens (primary N) is 1. The first-order valence-electron chi connectivity index (χ1n) is 5.42. The Labute approximate surface area is 99.9 Å². The van der Waals surface area contributed by atoms with E-state index >= 15 is 0 Å². The molecule has 2 rings (SSSR count). The van der Waals surface area contributed by atoms with Gasteiger partial charge in [0.15, 0.2) is 0 Å². The van der Waals surface area contributed by atoms with Gasteiger partial charge in [0.1, 0.15) is 5.75 Å². The first-order valence-corrected chi connectivity index (χ1v) is 6.46. The predicted octanol–water partition coefficient (Wildman–Crippen LogP) is 1.49. The van der Waals surface area contributed by atoms with Crippen molar-refractivity contribution in [1.29, 1.82) is 0 Å². The molecule has 1 aromatic rings. The van der Waals surface area contributed by atoms with Gasteiger partial charge in [0.05, 0.1) is 19.3 Å². The number of pyridine rings is 1. The molecule has 3 N–H and O–H groups in total. The Kier molecular flexibility index (Phi) is 4.04. The highest BCUT2D eigenvalue weighted by atomic mass is 32.2. The molecule has 2 heterocycles. The van der Waals surface area contributed by atoms with E-state index in [9.17, 15) is 0 Å². The number of aromatic nitrogens is 1. The molecule has 0 aromatic carbocycles. The maximum Gasteiger partial charge on any atom is 0.137 e. The molecule has 4 nitrogen and oxygen atoms in total. The number of nitrogens with zero attached hydrogens (tertiary/aromatic N) is 1. The summed E-state index contributed by atoms with van der Waals surface area (Å²) >= 11 is 1.97. The van der Waals surface area contributed by atoms with Gasteiger partial charge in [0, 0.05) is 11.4 Å². The van der Waals surface area contributed by atoms with Crippen LogP contribution in [-0.2, 0) is 0 Å². The molecule has 1 aliphatic heterocycles. The standard InChI is InChI=1S/C11H17N3OS/c1-15-9-5-8(6-13-7-9)11(14-12)10-3-2-4-16-10/h5-7,10-11,14H,2-4,12H2,1H3. The lowest BCUT2D eigenvalue weighted by atomic mass is 10.0. The van der Waals surface area contributed by atoms with Crippen molar-refractivity contribution in [2.75, 3.05) is 12.9 Å². The lowest BCUT2D eigenvalue weighted by Crippen LogP contribution is -2.34. The Balaban J connectivity index is 2.18. The number of hydrogen-bond acceptors (Lipinski definition) is 5. The smallest absolute Gasteiger partial charge is 0.137 e. The summed E-state index contributed by atoms with van der Waals surface area (Å²) in [6, 6.07) is 2.16. The molecule has 5 heteroatoms. The number of methoxy groups -OCH3 is 1. The molecule has 2 atom stereocenters. The first kappa shape index (κ1) is 11.7. The zero-order valence-electron chi connectivity index (χ0n) is 9.35. The van der Waals surface area contributed by atoms with Gasteiger partial charge in [0.2, 0.25) is 0 Å². The van der Waals surface area contributed by atoms with Gasteiger partial charge >= 0.3 is 0 Å². The van der Waals surface area contributed by atoms with Gasteiger partial charge in [-0.15, -0.1) is 0 Å². The van der Waals surface area contributed by atoms with Crippen molar-refractivity contribution < 1.29 is 4.74 Å². The largest absolute Gasteiger partial charge is 0.495 e. The SMILES string of the molecule is COc1cncc(C(NN)C2CCCS2)c1. The minimum Gasteiger partial charge on any atom is -0.495 e. The number of thioether (sulfide) groups is 1. The average molecular weight is 239 g/mol. The molecule has 0 radical (unpaired) electrons. The molecule has 1 aliphatic rings. The van der Waals surface area contributed by atoms with Gasteiger partial charge in [-0.1, -0.05) is 0 Å². The fourth-order valence-electron chi connectivity index (χ4n) is 2.00. The lowest BCUT2D eigenvalue weighted by molar-refractivity contribution is 0.410. The van der Waals surface area contributed by atoms with Crippen LogP contribution in [0.25, 0.3) is 0 Å². The molecule has 0 bridgehead atoms. The number of hydrogen-bond donors (Lipinski definition) is 2. The highest BCUT2D eigenvalue weighted by molar-refractivity contribution is 8.00. The molecular formula is C11H17N3OS. The van der Waals surface area contributed by atoms with E-state index in [4.69, 9.17) is 10.6 Å². The topological polar surface area (TPSA) is 60.2 Å². The zero-order chi connectivity index (χ0) is 11.4. The Morgan fingerprint density at radius 2 is 2.50 bits per heavy atom. The van der Waals surface area contributed by atoms with Crippen LogP contribution in [0.3, 0.4) is 0 Å². The number of rotatable bonds is 4. The van der Waals surface area contributed by atoms with Crippen LogP contribution in [0.5, 0.6) is 5.75 Å². The Morgan fingerprint density at radius 3 is 3.12 bits per heavy atom. The molecule has 2 unspecified atom stereocenters. The normalized spacial score (nSPS) is 22.0. The second-order valence-electron chi connectivity index (χ2n) is 3.85. The quantitative estimate of drug-likeness (QED) is 0.616. The average Bonchev–Trinajstić information content (AvgIpc) is 2.84. The summed E-state index contributed by atoms with van der Waals surface area (Å²) in [5.74, 6) is 7.65. The molecule has 0 amide bonds. The lowest BCUT2D eigenvalue weighted by Gasteiger charge is -2.22. The summed E-state index contributed by atoms with van der Waals surface area (Å²) in [7, 11) is 1.65. The predicted molar refractivity (Wildman–Crippen MR) is 66.3 cm³/mol. The fraction of sp³-hybridized carbons (Fsp3) is 0.545. The molecule has 0 spiro atoms. The van der Waals surface area contributed by atoms with Crippen LogP contribution in [0.1, 0.15) is 24.4 Å².